The van der Waals surface area contributed by atoms with Crippen LogP contribution >= 0.6 is 11.3 Å². The number of benzene rings is 1. The van der Waals surface area contributed by atoms with Crippen LogP contribution < -0.4 is 9.38 Å². The van der Waals surface area contributed by atoms with Gasteiger partial charge in [0.25, 0.3) is 11.7 Å². The maximum Gasteiger partial charge on any atom is 0.497 e. The third-order valence-electron chi connectivity index (χ3n) is 5.06. The van der Waals surface area contributed by atoms with Crippen LogP contribution in [0.25, 0.3) is 0 Å². The molecule has 1 amide bonds. The molecule has 34 heavy (non-hydrogen) atoms. The first-order valence-electron chi connectivity index (χ1n) is 9.60. The molecule has 7 nitrogen and oxygen atoms in total. The molecule has 1 aliphatic heterocycles. The molecular formula is C20H17F6N2O5S+. The number of nitrogens with zero attached hydrogens (tertiary/aromatic N) is 2. The van der Waals surface area contributed by atoms with E-state index in [9.17, 15) is 40.7 Å². The highest BCUT2D eigenvalue weighted by molar-refractivity contribution is 7.16. The van der Waals surface area contributed by atoms with Crippen LogP contribution in [0, 0.1) is 0 Å². The molecule has 0 saturated carbocycles. The zero-order chi connectivity index (χ0) is 25.3. The Kier molecular flexibility index (Phi) is 6.94. The van der Waals surface area contributed by atoms with E-state index in [0.717, 1.165) is 12.1 Å². The number of ketones is 1. The van der Waals surface area contributed by atoms with Gasteiger partial charge in [0.05, 0.1) is 30.0 Å². The minimum absolute atomic E-state index is 0.138. The van der Waals surface area contributed by atoms with Gasteiger partial charge in [0.1, 0.15) is 18.8 Å². The minimum Gasteiger partial charge on any atom is -0.497 e. The smallest absolute Gasteiger partial charge is 0.497 e. The average Bonchev–Trinajstić information content (AvgIpc) is 3.27. The third kappa shape index (κ3) is 5.33. The van der Waals surface area contributed by atoms with Crippen molar-refractivity contribution in [2.75, 3.05) is 33.3 Å². The van der Waals surface area contributed by atoms with Crippen LogP contribution in [0.2, 0.25) is 0 Å². The van der Waals surface area contributed by atoms with E-state index in [1.165, 1.54) is 30.2 Å². The lowest BCUT2D eigenvalue weighted by Gasteiger charge is -2.40. The Morgan fingerprint density at radius 3 is 2.12 bits per heavy atom. The first kappa shape index (κ1) is 25.5. The summed E-state index contributed by atoms with van der Waals surface area (Å²) in [5, 5.41) is 0. The number of rotatable bonds is 5. The van der Waals surface area contributed by atoms with Crippen molar-refractivity contribution in [3.63, 3.8) is 0 Å². The third-order valence-corrected chi connectivity index (χ3v) is 6.13. The highest BCUT2D eigenvalue weighted by Gasteiger charge is 2.50. The van der Waals surface area contributed by atoms with Crippen LogP contribution in [-0.2, 0) is 9.63 Å². The van der Waals surface area contributed by atoms with Gasteiger partial charge in [-0.05, 0) is 18.2 Å². The number of thiophene rings is 1. The number of ether oxygens (including phenoxy) is 1. The quantitative estimate of drug-likeness (QED) is 0.345. The Labute approximate surface area is 192 Å². The Hall–Kier alpha value is -3.13. The highest BCUT2D eigenvalue weighted by Crippen LogP contribution is 2.33. The van der Waals surface area contributed by atoms with Crippen LogP contribution in [0.1, 0.15) is 19.3 Å². The van der Waals surface area contributed by atoms with E-state index in [0.29, 0.717) is 17.1 Å². The van der Waals surface area contributed by atoms with Crippen molar-refractivity contribution in [1.82, 2.24) is 9.55 Å². The fourth-order valence-corrected chi connectivity index (χ4v) is 4.27. The van der Waals surface area contributed by atoms with Gasteiger partial charge in [-0.2, -0.15) is 26.3 Å². The van der Waals surface area contributed by atoms with Crippen molar-refractivity contribution in [3.8, 4) is 5.75 Å². The van der Waals surface area contributed by atoms with Gasteiger partial charge in [-0.25, -0.2) is 4.79 Å². The summed E-state index contributed by atoms with van der Waals surface area (Å²) in [5.74, 6) is -4.89. The summed E-state index contributed by atoms with van der Waals surface area (Å²) in [6.07, 6.45) is -10.3. The number of methoxy groups -OCH3 is 1. The molecule has 1 saturated heterocycles. The largest absolute Gasteiger partial charge is 0.497 e. The topological polar surface area (TPSA) is 72.9 Å². The normalized spacial score (nSPS) is 16.1. The molecule has 0 N–H and O–H groups in total. The highest BCUT2D eigenvalue weighted by atomic mass is 32.1. The van der Waals surface area contributed by atoms with Gasteiger partial charge in [0.15, 0.2) is 5.69 Å². The number of hydrogen-bond donors (Lipinski definition) is 0. The number of quaternary nitrogens is 1. The lowest BCUT2D eigenvalue weighted by molar-refractivity contribution is -0.238. The number of alkyl halides is 6. The Morgan fingerprint density at radius 2 is 1.56 bits per heavy atom. The van der Waals surface area contributed by atoms with Gasteiger partial charge in [0.2, 0.25) is 0 Å². The number of Topliss-reactive ketones (excluding diaryl/α,β-unsaturated/α-hetero) is 1. The molecule has 0 unspecified atom stereocenters. The summed E-state index contributed by atoms with van der Waals surface area (Å²) < 4.78 is 80.9. The Balaban J connectivity index is 1.82. The number of hydroxylamine groups is 2. The minimum atomic E-state index is -5.25. The summed E-state index contributed by atoms with van der Waals surface area (Å²) in [5.41, 5.74) is 0.179. The first-order valence-corrected chi connectivity index (χ1v) is 10.4. The van der Waals surface area contributed by atoms with Gasteiger partial charge in [0, 0.05) is 12.1 Å². The average molecular weight is 511 g/mol. The van der Waals surface area contributed by atoms with E-state index in [4.69, 9.17) is 9.57 Å². The number of amides is 1. The second-order valence-electron chi connectivity index (χ2n) is 7.20. The summed E-state index contributed by atoms with van der Waals surface area (Å²) in [6, 6.07) is 7.85. The molecule has 1 aliphatic rings. The van der Waals surface area contributed by atoms with Gasteiger partial charge < -0.3 is 9.64 Å². The molecule has 1 fully saturated rings. The monoisotopic (exact) mass is 511 g/mol. The fraction of sp³-hybridized carbons (Fsp3) is 0.350. The van der Waals surface area contributed by atoms with Crippen LogP contribution in [0.3, 0.4) is 0 Å². The molecule has 3 rings (SSSR count). The number of halogens is 6. The Bertz CT molecular complexity index is 1090. The molecule has 2 aromatic rings. The van der Waals surface area contributed by atoms with Crippen LogP contribution in [0.5, 0.6) is 5.75 Å². The van der Waals surface area contributed by atoms with Crippen molar-refractivity contribution in [3.05, 3.63) is 46.2 Å². The van der Waals surface area contributed by atoms with Crippen LogP contribution in [0.15, 0.2) is 36.4 Å². The molecule has 14 heteroatoms. The maximum atomic E-state index is 12.9. The van der Waals surface area contributed by atoms with Gasteiger partial charge in [-0.1, -0.05) is 10.7 Å². The molecule has 1 aromatic heterocycles. The predicted molar refractivity (Wildman–Crippen MR) is 107 cm³/mol. The van der Waals surface area contributed by atoms with Crippen LogP contribution in [-0.4, -0.2) is 68.2 Å². The molecule has 0 radical (unpaired) electrons. The summed E-state index contributed by atoms with van der Waals surface area (Å²) in [7, 11) is 1.35. The first-order chi connectivity index (χ1) is 15.8. The maximum absolute atomic E-state index is 12.9. The molecule has 0 aliphatic carbocycles. The second-order valence-corrected chi connectivity index (χ2v) is 8.28. The van der Waals surface area contributed by atoms with E-state index in [2.05, 4.69) is 0 Å². The lowest BCUT2D eigenvalue weighted by Crippen LogP contribution is -2.63. The molecular weight excluding hydrogens is 494 g/mol. The number of hydrogen-bond acceptors (Lipinski definition) is 6. The molecule has 1 aromatic carbocycles. The van der Waals surface area contributed by atoms with Crippen molar-refractivity contribution >= 4 is 34.7 Å². The van der Waals surface area contributed by atoms with Crippen LogP contribution in [0.4, 0.5) is 32.0 Å². The second kappa shape index (κ2) is 9.25. The van der Waals surface area contributed by atoms with Gasteiger partial charge in [-0.3, -0.25) is 14.4 Å². The zero-order valence-electron chi connectivity index (χ0n) is 17.4. The standard InChI is InChI=1S/C20H17F6N2O5S/c1-32-13-4-2-3-12(11-13)28(33-18(31)20(24,25)26)9-7-27(8-10-28)17(30)15-6-5-14(34-15)16(29)19(21,22)23/h2-6,11H,7-10H2,1H3/q+1. The molecule has 184 valence electrons. The lowest BCUT2D eigenvalue weighted by atomic mass is 10.2. The number of carbonyl (C=O) groups excluding carboxylic acids is 3. The zero-order valence-corrected chi connectivity index (χ0v) is 18.2. The molecule has 0 bridgehead atoms. The van der Waals surface area contributed by atoms with E-state index in [1.807, 2.05) is 0 Å². The fourth-order valence-electron chi connectivity index (χ4n) is 3.34. The van der Waals surface area contributed by atoms with Crippen molar-refractivity contribution in [1.29, 1.82) is 0 Å². The van der Waals surface area contributed by atoms with E-state index in [1.54, 1.807) is 6.07 Å². The summed E-state index contributed by atoms with van der Waals surface area (Å²) in [6.45, 7) is -0.885. The van der Waals surface area contributed by atoms with E-state index < -0.39 is 39.5 Å². The van der Waals surface area contributed by atoms with Gasteiger partial charge >= 0.3 is 18.3 Å². The van der Waals surface area contributed by atoms with Crippen molar-refractivity contribution in [2.45, 2.75) is 12.4 Å². The SMILES string of the molecule is COc1cccc([N+]2(OC(=O)C(F)(F)F)CCN(C(=O)c3ccc(C(=O)C(F)(F)F)s3)CC2)c1. The summed E-state index contributed by atoms with van der Waals surface area (Å²) in [4.78, 5) is 41.0. The Morgan fingerprint density at radius 1 is 0.941 bits per heavy atom. The van der Waals surface area contributed by atoms with Crippen molar-refractivity contribution < 1.29 is 50.3 Å². The molecule has 2 heterocycles. The number of piperazine rings is 1. The van der Waals surface area contributed by atoms with Gasteiger partial charge in [-0.15, -0.1) is 11.3 Å². The number of carbonyl (C=O) groups is 3. The predicted octanol–water partition coefficient (Wildman–Crippen LogP) is 3.99. The summed E-state index contributed by atoms with van der Waals surface area (Å²) >= 11 is 0.368. The molecule has 0 spiro atoms. The van der Waals surface area contributed by atoms with E-state index in [-0.39, 0.29) is 36.7 Å². The molecule has 0 atom stereocenters. The van der Waals surface area contributed by atoms with Crippen molar-refractivity contribution in [2.24, 2.45) is 0 Å². The van der Waals surface area contributed by atoms with E-state index >= 15 is 0 Å².